The van der Waals surface area contributed by atoms with Crippen LogP contribution in [0.25, 0.3) is 109 Å². The average molecular weight is 765 g/mol. The number of nitrogens with two attached hydrogens (primary N) is 1. The summed E-state index contributed by atoms with van der Waals surface area (Å²) in [6, 6.07) is 71.2. The third-order valence-electron chi connectivity index (χ3n) is 12.1. The molecule has 3 N–H and O–H groups in total. The van der Waals surface area contributed by atoms with E-state index in [4.69, 9.17) is 15.7 Å². The second kappa shape index (κ2) is 13.5. The van der Waals surface area contributed by atoms with Crippen LogP contribution in [0.2, 0.25) is 0 Å². The molecule has 0 aliphatic heterocycles. The van der Waals surface area contributed by atoms with Gasteiger partial charge in [-0.15, -0.1) is 0 Å². The van der Waals surface area contributed by atoms with Gasteiger partial charge in [-0.3, -0.25) is 0 Å². The van der Waals surface area contributed by atoms with E-state index >= 15 is 0 Å². The lowest BCUT2D eigenvalue weighted by atomic mass is 9.92. The predicted molar refractivity (Wildman–Crippen MR) is 255 cm³/mol. The first-order chi connectivity index (χ1) is 29.6. The maximum atomic E-state index is 6.37. The van der Waals surface area contributed by atoms with Gasteiger partial charge in [0.1, 0.15) is 0 Å². The van der Waals surface area contributed by atoms with E-state index < -0.39 is 0 Å². The number of anilines is 3. The lowest BCUT2D eigenvalue weighted by molar-refractivity contribution is 1.49. The average Bonchev–Trinajstić information content (AvgIpc) is 3.30. The largest absolute Gasteiger partial charge is 0.399 e. The molecule has 0 aliphatic carbocycles. The maximum Gasteiger partial charge on any atom is 0.0795 e. The zero-order valence-corrected chi connectivity index (χ0v) is 32.5. The topological polar surface area (TPSA) is 63.8 Å². The molecule has 0 aliphatic rings. The summed E-state index contributed by atoms with van der Waals surface area (Å²) in [6.45, 7) is 0. The SMILES string of the molecule is Nc1ccc2c(-c3ccc4ccccc4c3)c3ccc4c(Nc5ccc6c(-c7ccc(-c8ccccc8)cc7)c7ccc8ccccc8c7nc6c5)cccc4c3nc2c1. The highest BCUT2D eigenvalue weighted by Gasteiger charge is 2.18. The van der Waals surface area contributed by atoms with Gasteiger partial charge in [-0.1, -0.05) is 164 Å². The maximum absolute atomic E-state index is 6.37. The first-order valence-corrected chi connectivity index (χ1v) is 20.3. The van der Waals surface area contributed by atoms with E-state index in [-0.39, 0.29) is 0 Å². The highest BCUT2D eigenvalue weighted by molar-refractivity contribution is 6.20. The molecule has 12 aromatic rings. The molecule has 10 aromatic carbocycles. The minimum Gasteiger partial charge on any atom is -0.399 e. The van der Waals surface area contributed by atoms with Crippen LogP contribution in [-0.2, 0) is 0 Å². The van der Waals surface area contributed by atoms with Gasteiger partial charge in [0.05, 0.1) is 22.1 Å². The Kier molecular flexibility index (Phi) is 7.66. The number of benzene rings is 10. The summed E-state index contributed by atoms with van der Waals surface area (Å²) in [5, 5.41) is 15.1. The van der Waals surface area contributed by atoms with Crippen LogP contribution in [0.15, 0.2) is 200 Å². The van der Waals surface area contributed by atoms with Gasteiger partial charge < -0.3 is 11.1 Å². The number of pyridine rings is 2. The molecular formula is C56H36N4. The Morgan fingerprint density at radius 3 is 1.73 bits per heavy atom. The molecule has 2 heterocycles. The lowest BCUT2D eigenvalue weighted by Gasteiger charge is -2.17. The first kappa shape index (κ1) is 34.0. The molecule has 0 radical (unpaired) electrons. The van der Waals surface area contributed by atoms with E-state index in [1.165, 1.54) is 32.8 Å². The second-order valence-electron chi connectivity index (χ2n) is 15.7. The quantitative estimate of drug-likeness (QED) is 0.104. The monoisotopic (exact) mass is 764 g/mol. The number of nitrogen functional groups attached to an aromatic ring is 1. The summed E-state index contributed by atoms with van der Waals surface area (Å²) < 4.78 is 0. The van der Waals surface area contributed by atoms with Crippen LogP contribution < -0.4 is 11.1 Å². The molecule has 0 amide bonds. The normalized spacial score (nSPS) is 11.7. The van der Waals surface area contributed by atoms with Crippen molar-refractivity contribution in [2.75, 3.05) is 11.1 Å². The summed E-state index contributed by atoms with van der Waals surface area (Å²) in [4.78, 5) is 10.7. The fourth-order valence-corrected chi connectivity index (χ4v) is 9.23. The number of hydrogen-bond acceptors (Lipinski definition) is 4. The van der Waals surface area contributed by atoms with Crippen molar-refractivity contribution in [2.24, 2.45) is 0 Å². The Morgan fingerprint density at radius 2 is 0.900 bits per heavy atom. The van der Waals surface area contributed by atoms with Crippen molar-refractivity contribution in [1.82, 2.24) is 9.97 Å². The summed E-state index contributed by atoms with van der Waals surface area (Å²) in [5.41, 5.74) is 19.8. The number of nitrogens with one attached hydrogen (secondary N) is 1. The number of aromatic nitrogens is 2. The number of fused-ring (bicyclic) bond motifs is 9. The van der Waals surface area contributed by atoms with Gasteiger partial charge in [-0.2, -0.15) is 0 Å². The molecule has 0 spiro atoms. The summed E-state index contributed by atoms with van der Waals surface area (Å²) in [5.74, 6) is 0. The molecule has 0 fully saturated rings. The molecular weight excluding hydrogens is 729 g/mol. The Morgan fingerprint density at radius 1 is 0.333 bits per heavy atom. The van der Waals surface area contributed by atoms with Crippen molar-refractivity contribution < 1.29 is 0 Å². The van der Waals surface area contributed by atoms with E-state index in [0.29, 0.717) is 5.69 Å². The molecule has 0 saturated carbocycles. The molecule has 0 atom stereocenters. The van der Waals surface area contributed by atoms with E-state index in [9.17, 15) is 0 Å². The van der Waals surface area contributed by atoms with Gasteiger partial charge in [-0.05, 0) is 74.8 Å². The van der Waals surface area contributed by atoms with E-state index in [1.807, 2.05) is 12.1 Å². The fraction of sp³-hybridized carbons (Fsp3) is 0. The summed E-state index contributed by atoms with van der Waals surface area (Å²) in [6.07, 6.45) is 0. The Hall–Kier alpha value is -8.08. The van der Waals surface area contributed by atoms with Crippen molar-refractivity contribution in [1.29, 1.82) is 0 Å². The van der Waals surface area contributed by atoms with Gasteiger partial charge in [0.25, 0.3) is 0 Å². The van der Waals surface area contributed by atoms with Crippen LogP contribution in [0.1, 0.15) is 0 Å². The zero-order valence-electron chi connectivity index (χ0n) is 32.5. The summed E-state index contributed by atoms with van der Waals surface area (Å²) in [7, 11) is 0. The van der Waals surface area contributed by atoms with Crippen LogP contribution in [0.5, 0.6) is 0 Å². The van der Waals surface area contributed by atoms with Crippen molar-refractivity contribution >= 4 is 93.0 Å². The minimum absolute atomic E-state index is 0.694. The van der Waals surface area contributed by atoms with E-state index in [1.54, 1.807) is 0 Å². The zero-order chi connectivity index (χ0) is 39.7. The van der Waals surface area contributed by atoms with Gasteiger partial charge in [0.15, 0.2) is 0 Å². The predicted octanol–water partition coefficient (Wildman–Crippen LogP) is 14.9. The fourth-order valence-electron chi connectivity index (χ4n) is 9.23. The molecule has 4 heteroatoms. The highest BCUT2D eigenvalue weighted by atomic mass is 14.9. The highest BCUT2D eigenvalue weighted by Crippen LogP contribution is 2.42. The lowest BCUT2D eigenvalue weighted by Crippen LogP contribution is -1.96. The third-order valence-corrected chi connectivity index (χ3v) is 12.1. The standard InChI is InChI=1S/C56H36N4/c57-41-24-27-46-51(32-41)59-56-45-15-8-16-50(44(45)29-30-49(56)54(46)40-22-19-35-11-4-5-13-39(35)31-40)58-42-25-28-47-52(33-42)60-55-43-14-7-6-12-37(43)23-26-48(55)53(47)38-20-17-36(18-21-38)34-9-2-1-3-10-34/h1-33,58H,57H2. The number of nitrogens with zero attached hydrogens (tertiary/aromatic N) is 2. The van der Waals surface area contributed by atoms with Gasteiger partial charge in [-0.25, -0.2) is 9.97 Å². The van der Waals surface area contributed by atoms with Crippen molar-refractivity contribution in [2.45, 2.75) is 0 Å². The molecule has 12 rings (SSSR count). The Labute approximate surface area is 346 Å². The Balaban J connectivity index is 1.01. The van der Waals surface area contributed by atoms with Crippen LogP contribution in [0.4, 0.5) is 17.1 Å². The van der Waals surface area contributed by atoms with Crippen LogP contribution in [0.3, 0.4) is 0 Å². The van der Waals surface area contributed by atoms with E-state index in [2.05, 4.69) is 193 Å². The molecule has 60 heavy (non-hydrogen) atoms. The van der Waals surface area contributed by atoms with Crippen molar-refractivity contribution in [3.8, 4) is 33.4 Å². The number of rotatable bonds is 5. The second-order valence-corrected chi connectivity index (χ2v) is 15.7. The van der Waals surface area contributed by atoms with Gasteiger partial charge >= 0.3 is 0 Å². The summed E-state index contributed by atoms with van der Waals surface area (Å²) >= 11 is 0. The number of hydrogen-bond donors (Lipinski definition) is 2. The van der Waals surface area contributed by atoms with Crippen molar-refractivity contribution in [3.05, 3.63) is 200 Å². The molecule has 0 saturated heterocycles. The van der Waals surface area contributed by atoms with Gasteiger partial charge in [0, 0.05) is 65.9 Å². The van der Waals surface area contributed by atoms with Crippen LogP contribution in [0, 0.1) is 0 Å². The first-order valence-electron chi connectivity index (χ1n) is 20.3. The minimum atomic E-state index is 0.694. The molecule has 0 bridgehead atoms. The van der Waals surface area contributed by atoms with Crippen LogP contribution >= 0.6 is 0 Å². The third kappa shape index (κ3) is 5.53. The van der Waals surface area contributed by atoms with Gasteiger partial charge in [0.2, 0.25) is 0 Å². The van der Waals surface area contributed by atoms with E-state index in [0.717, 1.165) is 87.8 Å². The van der Waals surface area contributed by atoms with Crippen LogP contribution in [-0.4, -0.2) is 9.97 Å². The molecule has 2 aromatic heterocycles. The van der Waals surface area contributed by atoms with Crippen molar-refractivity contribution in [3.63, 3.8) is 0 Å². The molecule has 4 nitrogen and oxygen atoms in total. The molecule has 280 valence electrons. The Bertz CT molecular complexity index is 3690. The smallest absolute Gasteiger partial charge is 0.0795 e. The molecule has 0 unspecified atom stereocenters.